The van der Waals surface area contributed by atoms with Gasteiger partial charge in [0.2, 0.25) is 5.91 Å². The highest BCUT2D eigenvalue weighted by atomic mass is 32.1. The predicted molar refractivity (Wildman–Crippen MR) is 70.9 cm³/mol. The molecule has 17 heavy (non-hydrogen) atoms. The van der Waals surface area contributed by atoms with Crippen molar-refractivity contribution in [3.63, 3.8) is 0 Å². The first-order valence-electron chi connectivity index (χ1n) is 6.02. The number of ether oxygens (including phenoxy) is 1. The molecule has 1 aliphatic heterocycles. The molecule has 1 saturated heterocycles. The third-order valence-corrected chi connectivity index (χ3v) is 2.96. The molecule has 0 atom stereocenters. The van der Waals surface area contributed by atoms with Crippen LogP contribution >= 0.6 is 12.2 Å². The minimum atomic E-state index is 0.128. The maximum Gasteiger partial charge on any atom is 0.241 e. The van der Waals surface area contributed by atoms with Crippen LogP contribution in [0.2, 0.25) is 0 Å². The summed E-state index contributed by atoms with van der Waals surface area (Å²) >= 11 is 5.06. The largest absolute Gasteiger partial charge is 0.385 e. The van der Waals surface area contributed by atoms with E-state index in [2.05, 4.69) is 10.6 Å². The number of thiocarbonyl (C=S) groups is 1. The molecule has 0 aromatic heterocycles. The first-order valence-corrected chi connectivity index (χ1v) is 6.43. The summed E-state index contributed by atoms with van der Waals surface area (Å²) in [7, 11) is 1.67. The highest BCUT2D eigenvalue weighted by Gasteiger charge is 2.17. The second kappa shape index (κ2) is 8.25. The van der Waals surface area contributed by atoms with E-state index < -0.39 is 0 Å². The Morgan fingerprint density at radius 1 is 1.35 bits per heavy atom. The van der Waals surface area contributed by atoms with Crippen molar-refractivity contribution in [2.24, 2.45) is 0 Å². The van der Waals surface area contributed by atoms with Gasteiger partial charge in [-0.3, -0.25) is 4.79 Å². The summed E-state index contributed by atoms with van der Waals surface area (Å²) in [5.41, 5.74) is 0. The molecule has 1 aliphatic rings. The molecule has 1 fully saturated rings. The zero-order valence-corrected chi connectivity index (χ0v) is 11.1. The number of nitrogens with zero attached hydrogens (tertiary/aromatic N) is 1. The van der Waals surface area contributed by atoms with E-state index in [0.29, 0.717) is 11.7 Å². The molecule has 0 saturated carbocycles. The van der Waals surface area contributed by atoms with Crippen LogP contribution in [-0.2, 0) is 9.53 Å². The van der Waals surface area contributed by atoms with Crippen LogP contribution in [0, 0.1) is 0 Å². The first kappa shape index (κ1) is 14.2. The van der Waals surface area contributed by atoms with Crippen molar-refractivity contribution < 1.29 is 9.53 Å². The molecule has 0 bridgehead atoms. The molecule has 5 nitrogen and oxygen atoms in total. The number of rotatable bonds is 6. The second-order valence-electron chi connectivity index (χ2n) is 4.04. The van der Waals surface area contributed by atoms with Gasteiger partial charge < -0.3 is 20.3 Å². The summed E-state index contributed by atoms with van der Waals surface area (Å²) in [6.45, 7) is 3.53. The van der Waals surface area contributed by atoms with Gasteiger partial charge in [0.15, 0.2) is 5.11 Å². The number of amides is 1. The van der Waals surface area contributed by atoms with Gasteiger partial charge in [-0.25, -0.2) is 0 Å². The van der Waals surface area contributed by atoms with Gasteiger partial charge in [0, 0.05) is 33.4 Å². The molecule has 1 rings (SSSR count). The van der Waals surface area contributed by atoms with Crippen LogP contribution in [-0.4, -0.2) is 55.8 Å². The van der Waals surface area contributed by atoms with Crippen molar-refractivity contribution in [2.45, 2.75) is 19.3 Å². The van der Waals surface area contributed by atoms with Gasteiger partial charge in [0.25, 0.3) is 0 Å². The smallest absolute Gasteiger partial charge is 0.241 e. The van der Waals surface area contributed by atoms with E-state index in [1.165, 1.54) is 0 Å². The van der Waals surface area contributed by atoms with E-state index in [-0.39, 0.29) is 12.5 Å². The lowest BCUT2D eigenvalue weighted by atomic mass is 10.4. The lowest BCUT2D eigenvalue weighted by Gasteiger charge is -2.16. The van der Waals surface area contributed by atoms with Gasteiger partial charge in [-0.05, 0) is 31.5 Å². The number of hydrogen-bond acceptors (Lipinski definition) is 3. The molecule has 0 aromatic rings. The second-order valence-corrected chi connectivity index (χ2v) is 4.45. The highest BCUT2D eigenvalue weighted by Crippen LogP contribution is 2.06. The van der Waals surface area contributed by atoms with E-state index in [4.69, 9.17) is 17.0 Å². The van der Waals surface area contributed by atoms with Crippen molar-refractivity contribution >= 4 is 23.2 Å². The molecule has 6 heteroatoms. The molecule has 0 unspecified atom stereocenters. The fourth-order valence-corrected chi connectivity index (χ4v) is 1.89. The summed E-state index contributed by atoms with van der Waals surface area (Å²) < 4.78 is 4.92. The minimum absolute atomic E-state index is 0.128. The number of methoxy groups -OCH3 is 1. The van der Waals surface area contributed by atoms with Crippen molar-refractivity contribution in [1.29, 1.82) is 0 Å². The van der Waals surface area contributed by atoms with E-state index in [9.17, 15) is 4.79 Å². The van der Waals surface area contributed by atoms with Crippen LogP contribution in [0.15, 0.2) is 0 Å². The van der Waals surface area contributed by atoms with E-state index >= 15 is 0 Å². The molecule has 0 radical (unpaired) electrons. The van der Waals surface area contributed by atoms with Crippen LogP contribution in [0.1, 0.15) is 19.3 Å². The average molecular weight is 259 g/mol. The molecular formula is C11H21N3O2S. The molecule has 2 N–H and O–H groups in total. The van der Waals surface area contributed by atoms with E-state index in [0.717, 1.165) is 38.9 Å². The Morgan fingerprint density at radius 3 is 2.71 bits per heavy atom. The summed E-state index contributed by atoms with van der Waals surface area (Å²) in [6.07, 6.45) is 3.13. The summed E-state index contributed by atoms with van der Waals surface area (Å²) in [4.78, 5) is 13.6. The first-order chi connectivity index (χ1) is 8.24. The number of carbonyl (C=O) groups excluding carboxylic acids is 1. The van der Waals surface area contributed by atoms with Crippen molar-refractivity contribution in [3.05, 3.63) is 0 Å². The third-order valence-electron chi connectivity index (χ3n) is 2.67. The van der Waals surface area contributed by atoms with Crippen LogP contribution < -0.4 is 10.6 Å². The number of nitrogens with one attached hydrogen (secondary N) is 2. The maximum atomic E-state index is 11.7. The normalized spacial score (nSPS) is 14.8. The van der Waals surface area contributed by atoms with Crippen LogP contribution in [0.3, 0.4) is 0 Å². The van der Waals surface area contributed by atoms with E-state index in [1.54, 1.807) is 7.11 Å². The van der Waals surface area contributed by atoms with Gasteiger partial charge in [0.1, 0.15) is 0 Å². The number of hydrogen-bond donors (Lipinski definition) is 2. The average Bonchev–Trinajstić information content (AvgIpc) is 2.85. The molecule has 1 amide bonds. The Labute approximate surface area is 108 Å². The molecular weight excluding hydrogens is 238 g/mol. The molecule has 98 valence electrons. The Balaban J connectivity index is 2.04. The minimum Gasteiger partial charge on any atom is -0.385 e. The van der Waals surface area contributed by atoms with Gasteiger partial charge in [-0.2, -0.15) is 0 Å². The number of carbonyl (C=O) groups is 1. The molecule has 1 heterocycles. The van der Waals surface area contributed by atoms with Crippen LogP contribution in [0.25, 0.3) is 0 Å². The Hall–Kier alpha value is -0.880. The molecule has 0 spiro atoms. The summed E-state index contributed by atoms with van der Waals surface area (Å²) in [5.74, 6) is 0.128. The van der Waals surface area contributed by atoms with Gasteiger partial charge in [-0.15, -0.1) is 0 Å². The monoisotopic (exact) mass is 259 g/mol. The third kappa shape index (κ3) is 5.83. The topological polar surface area (TPSA) is 53.6 Å². The zero-order chi connectivity index (χ0) is 12.5. The Kier molecular flexibility index (Phi) is 6.88. The highest BCUT2D eigenvalue weighted by molar-refractivity contribution is 7.80. The van der Waals surface area contributed by atoms with Gasteiger partial charge in [0.05, 0.1) is 6.54 Å². The quantitative estimate of drug-likeness (QED) is 0.524. The summed E-state index contributed by atoms with van der Waals surface area (Å²) in [6, 6.07) is 0. The Bertz CT molecular complexity index is 255. The van der Waals surface area contributed by atoms with Crippen LogP contribution in [0.5, 0.6) is 0 Å². The zero-order valence-electron chi connectivity index (χ0n) is 10.3. The van der Waals surface area contributed by atoms with Crippen LogP contribution in [0.4, 0.5) is 0 Å². The van der Waals surface area contributed by atoms with Gasteiger partial charge in [-0.1, -0.05) is 0 Å². The van der Waals surface area contributed by atoms with Crippen molar-refractivity contribution in [3.8, 4) is 0 Å². The lowest BCUT2D eigenvalue weighted by molar-refractivity contribution is -0.128. The fraction of sp³-hybridized carbons (Fsp3) is 0.818. The Morgan fingerprint density at radius 2 is 2.06 bits per heavy atom. The molecule has 0 aliphatic carbocycles. The van der Waals surface area contributed by atoms with Gasteiger partial charge >= 0.3 is 0 Å². The van der Waals surface area contributed by atoms with Crippen molar-refractivity contribution in [1.82, 2.24) is 15.5 Å². The standard InChI is InChI=1S/C11H21N3O2S/c1-16-8-4-5-12-11(17)13-9-10(15)14-6-2-3-7-14/h2-9H2,1H3,(H2,12,13,17). The molecule has 0 aromatic carbocycles. The fourth-order valence-electron chi connectivity index (χ4n) is 1.72. The summed E-state index contributed by atoms with van der Waals surface area (Å²) in [5, 5.41) is 6.49. The lowest BCUT2D eigenvalue weighted by Crippen LogP contribution is -2.43. The number of likely N-dealkylation sites (tertiary alicyclic amines) is 1. The predicted octanol–water partition coefficient (Wildman–Crippen LogP) is 0.109. The van der Waals surface area contributed by atoms with Crippen molar-refractivity contribution in [2.75, 3.05) is 39.9 Å². The maximum absolute atomic E-state index is 11.7. The van der Waals surface area contributed by atoms with E-state index in [1.807, 2.05) is 4.90 Å². The SMILES string of the molecule is COCCCNC(=S)NCC(=O)N1CCCC1.